The Labute approximate surface area is 101 Å². The quantitative estimate of drug-likeness (QED) is 0.779. The molecule has 4 heteroatoms. The van der Waals surface area contributed by atoms with Crippen LogP contribution in [0.1, 0.15) is 25.8 Å². The van der Waals surface area contributed by atoms with Crippen LogP contribution < -0.4 is 11.1 Å². The Morgan fingerprint density at radius 2 is 2.24 bits per heavy atom. The van der Waals surface area contributed by atoms with Crippen LogP contribution in [-0.4, -0.2) is 18.2 Å². The van der Waals surface area contributed by atoms with Gasteiger partial charge in [-0.3, -0.25) is 0 Å². The highest BCUT2D eigenvalue weighted by Gasteiger charge is 2.37. The fourth-order valence-electron chi connectivity index (χ4n) is 2.11. The molecule has 1 fully saturated rings. The van der Waals surface area contributed by atoms with Gasteiger partial charge in [0, 0.05) is 6.61 Å². The van der Waals surface area contributed by atoms with Crippen molar-refractivity contribution in [2.24, 2.45) is 0 Å². The van der Waals surface area contributed by atoms with Crippen LogP contribution in [0, 0.1) is 12.7 Å². The van der Waals surface area contributed by atoms with Gasteiger partial charge >= 0.3 is 0 Å². The lowest BCUT2D eigenvalue weighted by Gasteiger charge is -2.31. The molecule has 3 N–H and O–H groups in total. The third-order valence-electron chi connectivity index (χ3n) is 3.64. The predicted molar refractivity (Wildman–Crippen MR) is 67.6 cm³/mol. The number of nitrogens with two attached hydrogens (primary N) is 1. The van der Waals surface area contributed by atoms with Gasteiger partial charge in [-0.2, -0.15) is 0 Å². The monoisotopic (exact) mass is 238 g/mol. The minimum atomic E-state index is -0.270. The largest absolute Gasteiger partial charge is 0.397 e. The molecular formula is C13H19FN2O. The molecule has 2 rings (SSSR count). The summed E-state index contributed by atoms with van der Waals surface area (Å²) in [5.74, 6) is -0.270. The summed E-state index contributed by atoms with van der Waals surface area (Å²) in [7, 11) is 0. The maximum Gasteiger partial charge on any atom is 0.128 e. The zero-order chi connectivity index (χ0) is 12.6. The van der Waals surface area contributed by atoms with Crippen molar-refractivity contribution in [3.63, 3.8) is 0 Å². The van der Waals surface area contributed by atoms with Crippen LogP contribution in [-0.2, 0) is 4.74 Å². The molecule has 3 nitrogen and oxygen atoms in total. The first-order chi connectivity index (χ1) is 7.92. The lowest BCUT2D eigenvalue weighted by atomic mass is 9.94. The number of ether oxygens (including phenoxy) is 1. The van der Waals surface area contributed by atoms with E-state index in [-0.39, 0.29) is 17.5 Å². The van der Waals surface area contributed by atoms with Crippen molar-refractivity contribution in [3.8, 4) is 0 Å². The molecule has 94 valence electrons. The Bertz CT molecular complexity index is 436. The van der Waals surface area contributed by atoms with E-state index in [1.807, 2.05) is 6.92 Å². The molecule has 0 bridgehead atoms. The van der Waals surface area contributed by atoms with Gasteiger partial charge < -0.3 is 15.8 Å². The molecular weight excluding hydrogens is 219 g/mol. The topological polar surface area (TPSA) is 47.3 Å². The molecule has 1 aliphatic rings. The van der Waals surface area contributed by atoms with Gasteiger partial charge in [0.2, 0.25) is 0 Å². The van der Waals surface area contributed by atoms with Crippen LogP contribution in [0.25, 0.3) is 0 Å². The van der Waals surface area contributed by atoms with Crippen molar-refractivity contribution < 1.29 is 9.13 Å². The first-order valence-electron chi connectivity index (χ1n) is 5.88. The van der Waals surface area contributed by atoms with Gasteiger partial charge in [-0.15, -0.1) is 0 Å². The van der Waals surface area contributed by atoms with Gasteiger partial charge in [-0.1, -0.05) is 0 Å². The second-order valence-corrected chi connectivity index (χ2v) is 4.99. The Balaban J connectivity index is 2.27. The van der Waals surface area contributed by atoms with Crippen LogP contribution in [0.3, 0.4) is 0 Å². The highest BCUT2D eigenvalue weighted by molar-refractivity contribution is 5.68. The third-order valence-corrected chi connectivity index (χ3v) is 3.64. The van der Waals surface area contributed by atoms with E-state index in [1.165, 1.54) is 6.07 Å². The SMILES string of the molecule is Cc1cc(NC2(C)CCOC2C)c(N)cc1F. The summed E-state index contributed by atoms with van der Waals surface area (Å²) >= 11 is 0. The highest BCUT2D eigenvalue weighted by atomic mass is 19.1. The number of benzene rings is 1. The van der Waals surface area contributed by atoms with Gasteiger partial charge in [-0.05, 0) is 44.9 Å². The standard InChI is InChI=1S/C13H19FN2O/c1-8-6-12(11(15)7-10(8)14)16-13(3)4-5-17-9(13)2/h6-7,9,16H,4-5,15H2,1-3H3. The molecule has 0 aliphatic carbocycles. The lowest BCUT2D eigenvalue weighted by molar-refractivity contribution is 0.105. The molecule has 1 heterocycles. The van der Waals surface area contributed by atoms with Crippen molar-refractivity contribution in [3.05, 3.63) is 23.5 Å². The van der Waals surface area contributed by atoms with Gasteiger partial charge in [0.25, 0.3) is 0 Å². The Kier molecular flexibility index (Phi) is 3.00. The molecule has 0 radical (unpaired) electrons. The highest BCUT2D eigenvalue weighted by Crippen LogP contribution is 2.32. The second kappa shape index (κ2) is 4.18. The maximum absolute atomic E-state index is 13.3. The van der Waals surface area contributed by atoms with Crippen LogP contribution >= 0.6 is 0 Å². The van der Waals surface area contributed by atoms with E-state index in [1.54, 1.807) is 13.0 Å². The summed E-state index contributed by atoms with van der Waals surface area (Å²) in [6.45, 7) is 6.61. The van der Waals surface area contributed by atoms with Gasteiger partial charge in [0.1, 0.15) is 5.82 Å². The van der Waals surface area contributed by atoms with E-state index in [9.17, 15) is 4.39 Å². The van der Waals surface area contributed by atoms with Gasteiger partial charge in [-0.25, -0.2) is 4.39 Å². The second-order valence-electron chi connectivity index (χ2n) is 4.99. The summed E-state index contributed by atoms with van der Waals surface area (Å²) in [6, 6.07) is 3.11. The number of hydrogen-bond donors (Lipinski definition) is 2. The molecule has 0 aromatic heterocycles. The predicted octanol–water partition coefficient (Wildman–Crippen LogP) is 2.70. The van der Waals surface area contributed by atoms with Crippen LogP contribution in [0.15, 0.2) is 12.1 Å². The molecule has 2 atom stereocenters. The average Bonchev–Trinajstić information content (AvgIpc) is 2.56. The number of anilines is 2. The molecule has 1 saturated heterocycles. The molecule has 0 spiro atoms. The van der Waals surface area contributed by atoms with E-state index < -0.39 is 0 Å². The van der Waals surface area contributed by atoms with Crippen molar-refractivity contribution >= 4 is 11.4 Å². The van der Waals surface area contributed by atoms with Crippen LogP contribution in [0.2, 0.25) is 0 Å². The molecule has 2 unspecified atom stereocenters. The van der Waals surface area contributed by atoms with Crippen LogP contribution in [0.4, 0.5) is 15.8 Å². The van der Waals surface area contributed by atoms with E-state index in [2.05, 4.69) is 12.2 Å². The minimum absolute atomic E-state index is 0.118. The van der Waals surface area contributed by atoms with Gasteiger partial charge in [0.05, 0.1) is 23.0 Å². The van der Waals surface area contributed by atoms with E-state index in [0.29, 0.717) is 11.3 Å². The maximum atomic E-state index is 13.3. The first kappa shape index (κ1) is 12.2. The fourth-order valence-corrected chi connectivity index (χ4v) is 2.11. The lowest BCUT2D eigenvalue weighted by Crippen LogP contribution is -2.41. The number of hydrogen-bond acceptors (Lipinski definition) is 3. The summed E-state index contributed by atoms with van der Waals surface area (Å²) in [5, 5.41) is 3.39. The van der Waals surface area contributed by atoms with Crippen molar-refractivity contribution in [1.29, 1.82) is 0 Å². The number of nitrogen functional groups attached to an aromatic ring is 1. The first-order valence-corrected chi connectivity index (χ1v) is 5.88. The smallest absolute Gasteiger partial charge is 0.128 e. The zero-order valence-electron chi connectivity index (χ0n) is 10.5. The van der Waals surface area contributed by atoms with Gasteiger partial charge in [0.15, 0.2) is 0 Å². The number of halogens is 1. The number of aryl methyl sites for hydroxylation is 1. The Morgan fingerprint density at radius 1 is 1.53 bits per heavy atom. The third kappa shape index (κ3) is 2.22. The zero-order valence-corrected chi connectivity index (χ0v) is 10.5. The van der Waals surface area contributed by atoms with E-state index in [0.717, 1.165) is 18.7 Å². The normalized spacial score (nSPS) is 28.4. The van der Waals surface area contributed by atoms with Crippen molar-refractivity contribution in [2.75, 3.05) is 17.7 Å². The average molecular weight is 238 g/mol. The summed E-state index contributed by atoms with van der Waals surface area (Å²) < 4.78 is 18.9. The van der Waals surface area contributed by atoms with Crippen LogP contribution in [0.5, 0.6) is 0 Å². The molecule has 1 aromatic carbocycles. The Hall–Kier alpha value is -1.29. The number of nitrogens with one attached hydrogen (secondary N) is 1. The molecule has 0 amide bonds. The summed E-state index contributed by atoms with van der Waals surface area (Å²) in [6.07, 6.45) is 1.04. The number of rotatable bonds is 2. The van der Waals surface area contributed by atoms with E-state index in [4.69, 9.17) is 10.5 Å². The fraction of sp³-hybridized carbons (Fsp3) is 0.538. The summed E-state index contributed by atoms with van der Waals surface area (Å²) in [4.78, 5) is 0. The molecule has 17 heavy (non-hydrogen) atoms. The molecule has 1 aromatic rings. The van der Waals surface area contributed by atoms with E-state index >= 15 is 0 Å². The molecule has 0 saturated carbocycles. The van der Waals surface area contributed by atoms with Crippen molar-refractivity contribution in [2.45, 2.75) is 38.8 Å². The van der Waals surface area contributed by atoms with Crippen molar-refractivity contribution in [1.82, 2.24) is 0 Å². The minimum Gasteiger partial charge on any atom is -0.397 e. The summed E-state index contributed by atoms with van der Waals surface area (Å²) in [5.41, 5.74) is 7.50. The Morgan fingerprint density at radius 3 is 2.82 bits per heavy atom. The molecule has 1 aliphatic heterocycles.